The minimum absolute atomic E-state index is 0.0652. The number of nitrogens with zero attached hydrogens (tertiary/aromatic N) is 1. The maximum absolute atomic E-state index is 13.2. The molecule has 2 amide bonds. The first-order valence-electron chi connectivity index (χ1n) is 10.9. The van der Waals surface area contributed by atoms with Gasteiger partial charge in [0.2, 0.25) is 5.91 Å². The molecular formula is C25H32N2O3. The van der Waals surface area contributed by atoms with E-state index in [1.165, 1.54) is 0 Å². The van der Waals surface area contributed by atoms with Crippen LogP contribution in [0.15, 0.2) is 54.6 Å². The van der Waals surface area contributed by atoms with Crippen LogP contribution in [-0.4, -0.2) is 35.4 Å². The summed E-state index contributed by atoms with van der Waals surface area (Å²) in [6.07, 6.45) is 4.90. The van der Waals surface area contributed by atoms with Crippen LogP contribution in [0, 0.1) is 6.92 Å². The second kappa shape index (κ2) is 10.8. The van der Waals surface area contributed by atoms with Crippen molar-refractivity contribution < 1.29 is 14.3 Å². The van der Waals surface area contributed by atoms with Gasteiger partial charge >= 0.3 is 0 Å². The molecule has 0 radical (unpaired) electrons. The highest BCUT2D eigenvalue weighted by molar-refractivity contribution is 5.88. The summed E-state index contributed by atoms with van der Waals surface area (Å²) in [5.41, 5.74) is 2.16. The van der Waals surface area contributed by atoms with E-state index in [0.717, 1.165) is 36.8 Å². The first-order valence-corrected chi connectivity index (χ1v) is 10.9. The fourth-order valence-corrected chi connectivity index (χ4v) is 3.92. The van der Waals surface area contributed by atoms with Gasteiger partial charge in [-0.3, -0.25) is 9.59 Å². The zero-order chi connectivity index (χ0) is 21.3. The van der Waals surface area contributed by atoms with Crippen molar-refractivity contribution in [3.63, 3.8) is 0 Å². The van der Waals surface area contributed by atoms with Crippen LogP contribution in [0.1, 0.15) is 50.2 Å². The zero-order valence-corrected chi connectivity index (χ0v) is 18.0. The molecule has 160 valence electrons. The standard InChI is InChI=1S/C25H32N2O3/c1-3-23(25(29)26-21-9-7-8-10-21)27(17-20-15-13-19(2)14-16-20)24(28)18-30-22-11-5-4-6-12-22/h4-6,11-16,21,23H,3,7-10,17-18H2,1-2H3,(H,26,29). The number of carbonyl (C=O) groups is 2. The van der Waals surface area contributed by atoms with E-state index in [1.54, 1.807) is 4.90 Å². The van der Waals surface area contributed by atoms with Crippen LogP contribution in [0.3, 0.4) is 0 Å². The highest BCUT2D eigenvalue weighted by atomic mass is 16.5. The molecular weight excluding hydrogens is 376 g/mol. The van der Waals surface area contributed by atoms with Crippen molar-refractivity contribution in [1.82, 2.24) is 10.2 Å². The molecule has 2 aromatic rings. The monoisotopic (exact) mass is 408 g/mol. The maximum Gasteiger partial charge on any atom is 0.261 e. The Morgan fingerprint density at radius 2 is 1.73 bits per heavy atom. The van der Waals surface area contributed by atoms with E-state index < -0.39 is 6.04 Å². The third-order valence-electron chi connectivity index (χ3n) is 5.67. The second-order valence-electron chi connectivity index (χ2n) is 8.02. The molecule has 1 aliphatic rings. The minimum Gasteiger partial charge on any atom is -0.484 e. The van der Waals surface area contributed by atoms with Crippen molar-refractivity contribution in [1.29, 1.82) is 0 Å². The number of hydrogen-bond acceptors (Lipinski definition) is 3. The first kappa shape index (κ1) is 21.9. The number of nitrogens with one attached hydrogen (secondary N) is 1. The molecule has 1 atom stereocenters. The summed E-state index contributed by atoms with van der Waals surface area (Å²) in [4.78, 5) is 27.9. The van der Waals surface area contributed by atoms with Gasteiger partial charge in [0, 0.05) is 12.6 Å². The lowest BCUT2D eigenvalue weighted by Gasteiger charge is -2.31. The Kier molecular flexibility index (Phi) is 7.89. The molecule has 0 saturated heterocycles. The van der Waals surface area contributed by atoms with Crippen molar-refractivity contribution in [3.05, 3.63) is 65.7 Å². The van der Waals surface area contributed by atoms with Gasteiger partial charge in [-0.25, -0.2) is 0 Å². The molecule has 1 N–H and O–H groups in total. The van der Waals surface area contributed by atoms with E-state index >= 15 is 0 Å². The largest absolute Gasteiger partial charge is 0.484 e. The van der Waals surface area contributed by atoms with Crippen LogP contribution < -0.4 is 10.1 Å². The van der Waals surface area contributed by atoms with Crippen molar-refractivity contribution in [3.8, 4) is 5.75 Å². The summed E-state index contributed by atoms with van der Waals surface area (Å²) in [5.74, 6) is 0.391. The fraction of sp³-hybridized carbons (Fsp3) is 0.440. The highest BCUT2D eigenvalue weighted by Crippen LogP contribution is 2.19. The molecule has 0 aromatic heterocycles. The SMILES string of the molecule is CCC(C(=O)NC1CCCC1)N(Cc1ccc(C)cc1)C(=O)COc1ccccc1. The Balaban J connectivity index is 1.74. The minimum atomic E-state index is -0.515. The van der Waals surface area contributed by atoms with Crippen molar-refractivity contribution >= 4 is 11.8 Å². The number of carbonyl (C=O) groups excluding carboxylic acids is 2. The summed E-state index contributed by atoms with van der Waals surface area (Å²) in [5, 5.41) is 3.16. The summed E-state index contributed by atoms with van der Waals surface area (Å²) < 4.78 is 5.69. The predicted octanol–water partition coefficient (Wildman–Crippen LogP) is 4.24. The topological polar surface area (TPSA) is 58.6 Å². The molecule has 1 saturated carbocycles. The Labute approximate surface area is 179 Å². The predicted molar refractivity (Wildman–Crippen MR) is 118 cm³/mol. The molecule has 3 rings (SSSR count). The Morgan fingerprint density at radius 3 is 2.37 bits per heavy atom. The molecule has 1 aliphatic carbocycles. The van der Waals surface area contributed by atoms with Gasteiger partial charge < -0.3 is 15.0 Å². The van der Waals surface area contributed by atoms with E-state index in [1.807, 2.05) is 68.4 Å². The average molecular weight is 409 g/mol. The highest BCUT2D eigenvalue weighted by Gasteiger charge is 2.30. The van der Waals surface area contributed by atoms with Gasteiger partial charge in [0.25, 0.3) is 5.91 Å². The summed E-state index contributed by atoms with van der Waals surface area (Å²) >= 11 is 0. The lowest BCUT2D eigenvalue weighted by Crippen LogP contribution is -2.52. The van der Waals surface area contributed by atoms with Crippen LogP contribution in [0.4, 0.5) is 0 Å². The van der Waals surface area contributed by atoms with Crippen molar-refractivity contribution in [2.75, 3.05) is 6.61 Å². The van der Waals surface area contributed by atoms with E-state index in [2.05, 4.69) is 5.32 Å². The van der Waals surface area contributed by atoms with Gasteiger partial charge in [0.05, 0.1) is 0 Å². The average Bonchev–Trinajstić information content (AvgIpc) is 3.27. The molecule has 5 nitrogen and oxygen atoms in total. The van der Waals surface area contributed by atoms with Crippen LogP contribution in [0.25, 0.3) is 0 Å². The number of hydrogen-bond donors (Lipinski definition) is 1. The fourth-order valence-electron chi connectivity index (χ4n) is 3.92. The molecule has 2 aromatic carbocycles. The summed E-state index contributed by atoms with van der Waals surface area (Å²) in [6, 6.07) is 17.1. The summed E-state index contributed by atoms with van der Waals surface area (Å²) in [6.45, 7) is 4.27. The van der Waals surface area contributed by atoms with E-state index in [-0.39, 0.29) is 24.5 Å². The molecule has 30 heavy (non-hydrogen) atoms. The third kappa shape index (κ3) is 6.09. The van der Waals surface area contributed by atoms with Crippen LogP contribution in [-0.2, 0) is 16.1 Å². The maximum atomic E-state index is 13.2. The number of aryl methyl sites for hydroxylation is 1. The van der Waals surface area contributed by atoms with Gasteiger partial charge in [0.1, 0.15) is 11.8 Å². The van der Waals surface area contributed by atoms with Gasteiger partial charge in [-0.15, -0.1) is 0 Å². The lowest BCUT2D eigenvalue weighted by atomic mass is 10.1. The molecule has 0 aliphatic heterocycles. The smallest absolute Gasteiger partial charge is 0.261 e. The van der Waals surface area contributed by atoms with Gasteiger partial charge in [-0.05, 0) is 43.9 Å². The Bertz CT molecular complexity index is 814. The van der Waals surface area contributed by atoms with E-state index in [4.69, 9.17) is 4.74 Å². The van der Waals surface area contributed by atoms with Crippen LogP contribution in [0.5, 0.6) is 5.75 Å². The molecule has 0 heterocycles. The molecule has 0 spiro atoms. The third-order valence-corrected chi connectivity index (χ3v) is 5.67. The Morgan fingerprint density at radius 1 is 1.07 bits per heavy atom. The van der Waals surface area contributed by atoms with Gasteiger partial charge in [-0.1, -0.05) is 67.8 Å². The van der Waals surface area contributed by atoms with Crippen molar-refractivity contribution in [2.24, 2.45) is 0 Å². The van der Waals surface area contributed by atoms with Crippen molar-refractivity contribution in [2.45, 2.75) is 64.6 Å². The van der Waals surface area contributed by atoms with Crippen LogP contribution in [0.2, 0.25) is 0 Å². The van der Waals surface area contributed by atoms with Crippen LogP contribution >= 0.6 is 0 Å². The molecule has 5 heteroatoms. The number of rotatable bonds is 9. The number of para-hydroxylation sites is 1. The molecule has 1 unspecified atom stereocenters. The van der Waals surface area contributed by atoms with E-state index in [9.17, 15) is 9.59 Å². The van der Waals surface area contributed by atoms with Gasteiger partial charge in [0.15, 0.2) is 6.61 Å². The first-order chi connectivity index (χ1) is 14.6. The second-order valence-corrected chi connectivity index (χ2v) is 8.02. The number of amides is 2. The number of ether oxygens (including phenoxy) is 1. The van der Waals surface area contributed by atoms with Gasteiger partial charge in [-0.2, -0.15) is 0 Å². The van der Waals surface area contributed by atoms with E-state index in [0.29, 0.717) is 18.7 Å². The molecule has 1 fully saturated rings. The number of benzene rings is 2. The lowest BCUT2D eigenvalue weighted by molar-refractivity contribution is -0.143. The Hall–Kier alpha value is -2.82. The molecule has 0 bridgehead atoms. The quantitative estimate of drug-likeness (QED) is 0.675. The summed E-state index contributed by atoms with van der Waals surface area (Å²) in [7, 11) is 0. The zero-order valence-electron chi connectivity index (χ0n) is 18.0. The normalized spacial score (nSPS) is 14.9.